The molecule has 0 bridgehead atoms. The zero-order chi connectivity index (χ0) is 11.5. The maximum absolute atomic E-state index is 12.7. The molecule has 7 heteroatoms. The molecular formula is C8H10ClFN2O2S. The van der Waals surface area contributed by atoms with E-state index in [0.29, 0.717) is 5.69 Å². The van der Waals surface area contributed by atoms with E-state index in [2.05, 4.69) is 5.32 Å². The number of benzene rings is 1. The Bertz CT molecular complexity index is 450. The lowest BCUT2D eigenvalue weighted by Crippen LogP contribution is -2.22. The van der Waals surface area contributed by atoms with Crippen LogP contribution >= 0.6 is 11.6 Å². The number of rotatable bonds is 4. The molecule has 0 amide bonds. The van der Waals surface area contributed by atoms with Crippen LogP contribution in [0.3, 0.4) is 0 Å². The molecule has 1 rings (SSSR count). The lowest BCUT2D eigenvalue weighted by Gasteiger charge is -2.05. The smallest absolute Gasteiger partial charge is 0.210 e. The van der Waals surface area contributed by atoms with Gasteiger partial charge < -0.3 is 5.32 Å². The Hall–Kier alpha value is -0.850. The van der Waals surface area contributed by atoms with Crippen molar-refractivity contribution < 1.29 is 12.8 Å². The first kappa shape index (κ1) is 12.2. The van der Waals surface area contributed by atoms with Gasteiger partial charge in [0.1, 0.15) is 5.82 Å². The van der Waals surface area contributed by atoms with Gasteiger partial charge in [0, 0.05) is 12.2 Å². The normalized spacial score (nSPS) is 11.4. The van der Waals surface area contributed by atoms with Gasteiger partial charge in [-0.15, -0.1) is 0 Å². The van der Waals surface area contributed by atoms with Gasteiger partial charge in [0.2, 0.25) is 10.0 Å². The Balaban J connectivity index is 2.55. The maximum Gasteiger partial charge on any atom is 0.210 e. The molecule has 0 fully saturated rings. The minimum absolute atomic E-state index is 0.0180. The quantitative estimate of drug-likeness (QED) is 0.845. The van der Waals surface area contributed by atoms with E-state index in [9.17, 15) is 12.8 Å². The Morgan fingerprint density at radius 3 is 2.67 bits per heavy atom. The highest BCUT2D eigenvalue weighted by Crippen LogP contribution is 2.18. The van der Waals surface area contributed by atoms with Crippen molar-refractivity contribution in [3.05, 3.63) is 29.0 Å². The molecule has 0 aliphatic rings. The number of anilines is 1. The standard InChI is InChI=1S/C8H10ClFN2O2S/c9-7-5-6(1-2-8(7)10)12-3-4-15(11,13)14/h1-2,5,12H,3-4H2,(H2,11,13,14). The predicted molar refractivity (Wildman–Crippen MR) is 57.9 cm³/mol. The summed E-state index contributed by atoms with van der Waals surface area (Å²) in [6, 6.07) is 4.03. The van der Waals surface area contributed by atoms with Gasteiger partial charge in [0.25, 0.3) is 0 Å². The minimum Gasteiger partial charge on any atom is -0.384 e. The summed E-state index contributed by atoms with van der Waals surface area (Å²) in [6.07, 6.45) is 0. The van der Waals surface area contributed by atoms with Gasteiger partial charge in [-0.2, -0.15) is 0 Å². The van der Waals surface area contributed by atoms with Gasteiger partial charge in [0.15, 0.2) is 0 Å². The largest absolute Gasteiger partial charge is 0.384 e. The summed E-state index contributed by atoms with van der Waals surface area (Å²) < 4.78 is 33.9. The van der Waals surface area contributed by atoms with Crippen molar-refractivity contribution in [3.8, 4) is 0 Å². The summed E-state index contributed by atoms with van der Waals surface area (Å²) >= 11 is 5.52. The molecule has 0 aliphatic carbocycles. The topological polar surface area (TPSA) is 72.2 Å². The first-order valence-electron chi connectivity index (χ1n) is 4.08. The van der Waals surface area contributed by atoms with E-state index in [-0.39, 0.29) is 17.3 Å². The highest BCUT2D eigenvalue weighted by molar-refractivity contribution is 7.89. The molecule has 1 aromatic rings. The van der Waals surface area contributed by atoms with Crippen molar-refractivity contribution in [1.29, 1.82) is 0 Å². The summed E-state index contributed by atoms with van der Waals surface area (Å²) in [5.74, 6) is -0.712. The van der Waals surface area contributed by atoms with Gasteiger partial charge in [0.05, 0.1) is 10.8 Å². The second kappa shape index (κ2) is 4.78. The lowest BCUT2D eigenvalue weighted by atomic mass is 10.3. The van der Waals surface area contributed by atoms with Crippen LogP contribution in [0.4, 0.5) is 10.1 Å². The number of hydrogen-bond acceptors (Lipinski definition) is 3. The van der Waals surface area contributed by atoms with Crippen molar-refractivity contribution in [2.45, 2.75) is 0 Å². The molecule has 1 aromatic carbocycles. The fourth-order valence-electron chi connectivity index (χ4n) is 0.944. The molecule has 0 heterocycles. The van der Waals surface area contributed by atoms with Crippen molar-refractivity contribution >= 4 is 27.3 Å². The molecule has 0 unspecified atom stereocenters. The predicted octanol–water partition coefficient (Wildman–Crippen LogP) is 1.18. The summed E-state index contributed by atoms with van der Waals surface area (Å²) in [4.78, 5) is 0. The molecule has 15 heavy (non-hydrogen) atoms. The third-order valence-corrected chi connectivity index (χ3v) is 2.70. The Morgan fingerprint density at radius 1 is 1.47 bits per heavy atom. The molecule has 0 saturated carbocycles. The number of sulfonamides is 1. The summed E-state index contributed by atoms with van der Waals surface area (Å²) in [5.41, 5.74) is 0.546. The number of nitrogens with one attached hydrogen (secondary N) is 1. The summed E-state index contributed by atoms with van der Waals surface area (Å²) in [5, 5.41) is 7.54. The monoisotopic (exact) mass is 252 g/mol. The number of primary sulfonamides is 1. The van der Waals surface area contributed by atoms with Crippen LogP contribution in [0.1, 0.15) is 0 Å². The van der Waals surface area contributed by atoms with E-state index in [1.165, 1.54) is 18.2 Å². The van der Waals surface area contributed by atoms with E-state index in [1.807, 2.05) is 0 Å². The van der Waals surface area contributed by atoms with E-state index < -0.39 is 15.8 Å². The van der Waals surface area contributed by atoms with Gasteiger partial charge in [-0.25, -0.2) is 17.9 Å². The van der Waals surface area contributed by atoms with E-state index in [1.54, 1.807) is 0 Å². The van der Waals surface area contributed by atoms with Crippen molar-refractivity contribution in [2.24, 2.45) is 5.14 Å². The van der Waals surface area contributed by atoms with Crippen LogP contribution in [0, 0.1) is 5.82 Å². The second-order valence-electron chi connectivity index (χ2n) is 2.92. The van der Waals surface area contributed by atoms with Crippen LogP contribution in [0.5, 0.6) is 0 Å². The van der Waals surface area contributed by atoms with Crippen LogP contribution in [0.15, 0.2) is 18.2 Å². The first-order chi connectivity index (χ1) is 6.88. The van der Waals surface area contributed by atoms with Crippen molar-refractivity contribution in [3.63, 3.8) is 0 Å². The third-order valence-electron chi connectivity index (χ3n) is 1.64. The van der Waals surface area contributed by atoms with Gasteiger partial charge in [-0.3, -0.25) is 0 Å². The van der Waals surface area contributed by atoms with Gasteiger partial charge >= 0.3 is 0 Å². The summed E-state index contributed by atoms with van der Waals surface area (Å²) in [6.45, 7) is 0.154. The van der Waals surface area contributed by atoms with Crippen LogP contribution in [-0.2, 0) is 10.0 Å². The SMILES string of the molecule is NS(=O)(=O)CCNc1ccc(F)c(Cl)c1. The average molecular weight is 253 g/mol. The van der Waals surface area contributed by atoms with Crippen molar-refractivity contribution in [1.82, 2.24) is 0 Å². The number of halogens is 2. The molecule has 0 radical (unpaired) electrons. The van der Waals surface area contributed by atoms with Crippen LogP contribution in [0.25, 0.3) is 0 Å². The average Bonchev–Trinajstić information content (AvgIpc) is 2.09. The molecule has 0 atom stereocenters. The van der Waals surface area contributed by atoms with E-state index >= 15 is 0 Å². The lowest BCUT2D eigenvalue weighted by molar-refractivity contribution is 0.598. The van der Waals surface area contributed by atoms with Crippen molar-refractivity contribution in [2.75, 3.05) is 17.6 Å². The Labute approximate surface area is 92.3 Å². The van der Waals surface area contributed by atoms with Gasteiger partial charge in [-0.1, -0.05) is 11.6 Å². The van der Waals surface area contributed by atoms with E-state index in [0.717, 1.165) is 0 Å². The number of hydrogen-bond donors (Lipinski definition) is 2. The number of nitrogens with two attached hydrogens (primary N) is 1. The first-order valence-corrected chi connectivity index (χ1v) is 6.17. The Morgan fingerprint density at radius 2 is 2.13 bits per heavy atom. The third kappa shape index (κ3) is 4.46. The molecule has 0 spiro atoms. The summed E-state index contributed by atoms with van der Waals surface area (Å²) in [7, 11) is -3.48. The maximum atomic E-state index is 12.7. The van der Waals surface area contributed by atoms with Crippen LogP contribution in [0.2, 0.25) is 5.02 Å². The molecule has 4 nitrogen and oxygen atoms in total. The Kier molecular flexibility index (Phi) is 3.90. The zero-order valence-corrected chi connectivity index (χ0v) is 9.28. The molecule has 0 aliphatic heterocycles. The fraction of sp³-hybridized carbons (Fsp3) is 0.250. The van der Waals surface area contributed by atoms with Crippen LogP contribution < -0.4 is 10.5 Å². The van der Waals surface area contributed by atoms with E-state index in [4.69, 9.17) is 16.7 Å². The highest BCUT2D eigenvalue weighted by Gasteiger charge is 2.03. The molecule has 0 aromatic heterocycles. The molecule has 84 valence electrons. The van der Waals surface area contributed by atoms with Crippen LogP contribution in [-0.4, -0.2) is 20.7 Å². The fourth-order valence-corrected chi connectivity index (χ4v) is 1.51. The molecule has 3 N–H and O–H groups in total. The minimum atomic E-state index is -3.48. The highest BCUT2D eigenvalue weighted by atomic mass is 35.5. The van der Waals surface area contributed by atoms with Gasteiger partial charge in [-0.05, 0) is 18.2 Å². The second-order valence-corrected chi connectivity index (χ2v) is 5.06. The zero-order valence-electron chi connectivity index (χ0n) is 7.70. The molecule has 0 saturated heterocycles. The molecular weight excluding hydrogens is 243 g/mol.